The number of hydrogen-bond donors (Lipinski definition) is 3. The van der Waals surface area contributed by atoms with E-state index in [1.807, 2.05) is 42.7 Å². The zero-order chi connectivity index (χ0) is 23.3. The molecular formula is C23H31N5O4. The normalized spacial score (nSPS) is 11.8. The molecule has 9 heteroatoms. The summed E-state index contributed by atoms with van der Waals surface area (Å²) in [4.78, 5) is 33.6. The number of pyridine rings is 1. The lowest BCUT2D eigenvalue weighted by molar-refractivity contribution is -0.124. The van der Waals surface area contributed by atoms with Gasteiger partial charge in [0.05, 0.1) is 29.7 Å². The summed E-state index contributed by atoms with van der Waals surface area (Å²) in [6.07, 6.45) is 1.08. The number of benzene rings is 1. The van der Waals surface area contributed by atoms with Gasteiger partial charge in [0.2, 0.25) is 11.8 Å². The Morgan fingerprint density at radius 1 is 1.16 bits per heavy atom. The number of para-hydroxylation sites is 1. The molecule has 0 bridgehead atoms. The number of carbonyl (C=O) groups excluding carboxylic acids is 2. The third kappa shape index (κ3) is 5.60. The minimum atomic E-state index is -0.994. The fraction of sp³-hybridized carbons (Fsp3) is 0.478. The van der Waals surface area contributed by atoms with Crippen LogP contribution in [-0.4, -0.2) is 50.2 Å². The third-order valence-electron chi connectivity index (χ3n) is 4.82. The highest BCUT2D eigenvalue weighted by atomic mass is 16.5. The van der Waals surface area contributed by atoms with Crippen molar-refractivity contribution >= 4 is 39.6 Å². The van der Waals surface area contributed by atoms with Crippen molar-refractivity contribution in [2.24, 2.45) is 0 Å². The first-order valence-electron chi connectivity index (χ1n) is 10.9. The van der Waals surface area contributed by atoms with Crippen LogP contribution in [0.15, 0.2) is 24.3 Å². The van der Waals surface area contributed by atoms with Crippen LogP contribution in [0.2, 0.25) is 0 Å². The van der Waals surface area contributed by atoms with E-state index in [1.54, 1.807) is 13.8 Å². The van der Waals surface area contributed by atoms with E-state index in [9.17, 15) is 14.7 Å². The first-order valence-corrected chi connectivity index (χ1v) is 10.9. The zero-order valence-corrected chi connectivity index (χ0v) is 19.1. The van der Waals surface area contributed by atoms with E-state index in [0.717, 1.165) is 10.9 Å². The summed E-state index contributed by atoms with van der Waals surface area (Å²) in [5.41, 5.74) is 0.963. The fourth-order valence-electron chi connectivity index (χ4n) is 3.50. The van der Waals surface area contributed by atoms with Gasteiger partial charge in [0.25, 0.3) is 0 Å². The van der Waals surface area contributed by atoms with E-state index < -0.39 is 5.60 Å². The van der Waals surface area contributed by atoms with Crippen LogP contribution in [-0.2, 0) is 27.5 Å². The largest absolute Gasteiger partial charge is 0.389 e. The van der Waals surface area contributed by atoms with Gasteiger partial charge in [0.15, 0.2) is 5.82 Å². The topological polar surface area (TPSA) is 118 Å². The highest BCUT2D eigenvalue weighted by molar-refractivity contribution is 6.10. The molecule has 0 aliphatic heterocycles. The van der Waals surface area contributed by atoms with Crippen LogP contribution in [0.3, 0.4) is 0 Å². The van der Waals surface area contributed by atoms with Crippen molar-refractivity contribution < 1.29 is 19.4 Å². The summed E-state index contributed by atoms with van der Waals surface area (Å²) in [5.74, 6) is 0.379. The van der Waals surface area contributed by atoms with Gasteiger partial charge in [-0.1, -0.05) is 25.1 Å². The summed E-state index contributed by atoms with van der Waals surface area (Å²) in [6, 6.07) is 7.58. The Bertz CT molecular complexity index is 1120. The maximum atomic E-state index is 12.5. The van der Waals surface area contributed by atoms with Crippen LogP contribution in [0.25, 0.3) is 21.9 Å². The van der Waals surface area contributed by atoms with E-state index in [-0.39, 0.29) is 25.0 Å². The zero-order valence-electron chi connectivity index (χ0n) is 19.1. The highest BCUT2D eigenvalue weighted by Gasteiger charge is 2.23. The van der Waals surface area contributed by atoms with Gasteiger partial charge in [-0.2, -0.15) is 0 Å². The SMILES string of the molecule is CCCC(=O)NCC(=O)Nc1nc2ccccc2c2c1nc(COCC)n2CC(C)(C)O. The maximum Gasteiger partial charge on any atom is 0.244 e. The number of fused-ring (bicyclic) bond motifs is 3. The van der Waals surface area contributed by atoms with Crippen LogP contribution in [0.4, 0.5) is 5.82 Å². The highest BCUT2D eigenvalue weighted by Crippen LogP contribution is 2.31. The first-order chi connectivity index (χ1) is 15.2. The van der Waals surface area contributed by atoms with Gasteiger partial charge in [-0.25, -0.2) is 9.97 Å². The number of rotatable bonds is 10. The number of anilines is 1. The molecule has 1 aromatic carbocycles. The van der Waals surface area contributed by atoms with Crippen molar-refractivity contribution in [2.45, 2.75) is 59.3 Å². The molecule has 3 N–H and O–H groups in total. The van der Waals surface area contributed by atoms with Crippen molar-refractivity contribution in [3.05, 3.63) is 30.1 Å². The smallest absolute Gasteiger partial charge is 0.244 e. The van der Waals surface area contributed by atoms with Gasteiger partial charge in [-0.15, -0.1) is 0 Å². The molecule has 3 rings (SSSR count). The van der Waals surface area contributed by atoms with Gasteiger partial charge in [-0.05, 0) is 33.3 Å². The van der Waals surface area contributed by atoms with Gasteiger partial charge >= 0.3 is 0 Å². The van der Waals surface area contributed by atoms with Crippen molar-refractivity contribution in [1.29, 1.82) is 0 Å². The lowest BCUT2D eigenvalue weighted by atomic mass is 10.1. The number of nitrogens with zero attached hydrogens (tertiary/aromatic N) is 3. The molecule has 9 nitrogen and oxygen atoms in total. The number of nitrogens with one attached hydrogen (secondary N) is 2. The molecule has 0 aliphatic carbocycles. The Morgan fingerprint density at radius 2 is 1.91 bits per heavy atom. The Hall–Kier alpha value is -3.04. The van der Waals surface area contributed by atoms with Crippen LogP contribution in [0, 0.1) is 0 Å². The molecule has 0 saturated heterocycles. The number of carbonyl (C=O) groups is 2. The molecule has 0 saturated carbocycles. The quantitative estimate of drug-likeness (QED) is 0.445. The number of hydrogen-bond acceptors (Lipinski definition) is 6. The van der Waals surface area contributed by atoms with Crippen molar-refractivity contribution in [1.82, 2.24) is 19.9 Å². The predicted octanol–water partition coefficient (Wildman–Crippen LogP) is 2.75. The lowest BCUT2D eigenvalue weighted by Gasteiger charge is -2.20. The van der Waals surface area contributed by atoms with Gasteiger partial charge in [0.1, 0.15) is 17.9 Å². The number of amides is 2. The van der Waals surface area contributed by atoms with E-state index in [2.05, 4.69) is 15.6 Å². The molecule has 0 fully saturated rings. The molecular weight excluding hydrogens is 410 g/mol. The first kappa shape index (κ1) is 23.6. The fourth-order valence-corrected chi connectivity index (χ4v) is 3.50. The summed E-state index contributed by atoms with van der Waals surface area (Å²) in [5, 5.41) is 16.8. The van der Waals surface area contributed by atoms with E-state index in [0.29, 0.717) is 48.7 Å². The summed E-state index contributed by atoms with van der Waals surface area (Å²) in [7, 11) is 0. The summed E-state index contributed by atoms with van der Waals surface area (Å²) >= 11 is 0. The minimum Gasteiger partial charge on any atom is -0.389 e. The molecule has 32 heavy (non-hydrogen) atoms. The van der Waals surface area contributed by atoms with Crippen LogP contribution in [0.5, 0.6) is 0 Å². The Morgan fingerprint density at radius 3 is 2.59 bits per heavy atom. The second kappa shape index (κ2) is 10.1. The second-order valence-electron chi connectivity index (χ2n) is 8.31. The Balaban J connectivity index is 2.08. The van der Waals surface area contributed by atoms with Crippen molar-refractivity contribution in [3.63, 3.8) is 0 Å². The van der Waals surface area contributed by atoms with E-state index >= 15 is 0 Å². The van der Waals surface area contributed by atoms with Gasteiger partial charge < -0.3 is 25.0 Å². The molecule has 0 radical (unpaired) electrons. The van der Waals surface area contributed by atoms with Crippen LogP contribution >= 0.6 is 0 Å². The van der Waals surface area contributed by atoms with Crippen molar-refractivity contribution in [2.75, 3.05) is 18.5 Å². The minimum absolute atomic E-state index is 0.148. The monoisotopic (exact) mass is 441 g/mol. The van der Waals surface area contributed by atoms with Crippen LogP contribution < -0.4 is 10.6 Å². The molecule has 0 atom stereocenters. The molecule has 0 aliphatic rings. The predicted molar refractivity (Wildman–Crippen MR) is 123 cm³/mol. The van der Waals surface area contributed by atoms with E-state index in [4.69, 9.17) is 9.72 Å². The Kier molecular flexibility index (Phi) is 7.42. The van der Waals surface area contributed by atoms with E-state index in [1.165, 1.54) is 0 Å². The molecule has 0 spiro atoms. The Labute approximate surface area is 187 Å². The molecule has 172 valence electrons. The summed E-state index contributed by atoms with van der Waals surface area (Å²) in [6.45, 7) is 8.19. The maximum absolute atomic E-state index is 12.5. The van der Waals surface area contributed by atoms with Crippen LogP contribution in [0.1, 0.15) is 46.4 Å². The molecule has 3 aromatic rings. The molecule has 2 amide bonds. The number of imidazole rings is 1. The number of ether oxygens (including phenoxy) is 1. The molecule has 0 unspecified atom stereocenters. The molecule has 2 aromatic heterocycles. The average Bonchev–Trinajstić information content (AvgIpc) is 3.08. The van der Waals surface area contributed by atoms with Crippen molar-refractivity contribution in [3.8, 4) is 0 Å². The summed E-state index contributed by atoms with van der Waals surface area (Å²) < 4.78 is 7.53. The number of aromatic nitrogens is 3. The van der Waals surface area contributed by atoms with Gasteiger partial charge in [-0.3, -0.25) is 9.59 Å². The third-order valence-corrected chi connectivity index (χ3v) is 4.82. The number of aliphatic hydroxyl groups is 1. The standard InChI is InChI=1S/C23H31N5O4/c1-5-9-18(29)24-12-19(30)27-22-20-21(15-10-7-8-11-16(15)25-22)28(14-23(3,4)31)17(26-20)13-32-6-2/h7-8,10-11,31H,5-6,9,12-14H2,1-4H3,(H,24,29)(H,25,27,30). The lowest BCUT2D eigenvalue weighted by Crippen LogP contribution is -2.32. The second-order valence-corrected chi connectivity index (χ2v) is 8.31. The average molecular weight is 442 g/mol. The molecule has 2 heterocycles. The van der Waals surface area contributed by atoms with Gasteiger partial charge in [0, 0.05) is 18.4 Å².